The van der Waals surface area contributed by atoms with Crippen LogP contribution in [0.15, 0.2) is 28.7 Å². The van der Waals surface area contributed by atoms with Crippen LogP contribution in [0.3, 0.4) is 0 Å². The van der Waals surface area contributed by atoms with Gasteiger partial charge in [0.2, 0.25) is 5.91 Å². The van der Waals surface area contributed by atoms with Gasteiger partial charge >= 0.3 is 5.97 Å². The van der Waals surface area contributed by atoms with Gasteiger partial charge in [0.05, 0.1) is 11.5 Å². The third-order valence-electron chi connectivity index (χ3n) is 2.06. The number of aliphatic carboxylic acids is 1. The molecule has 0 aromatic heterocycles. The third kappa shape index (κ3) is 7.74. The van der Waals surface area contributed by atoms with Crippen molar-refractivity contribution < 1.29 is 14.7 Å². The number of hydrogen-bond acceptors (Lipinski definition) is 4. The zero-order chi connectivity index (χ0) is 14.1. The molecule has 0 heterocycles. The number of carboxylic acids is 1. The van der Waals surface area contributed by atoms with Gasteiger partial charge in [0.15, 0.2) is 0 Å². The highest BCUT2D eigenvalue weighted by Gasteiger charge is 2.03. The van der Waals surface area contributed by atoms with Crippen LogP contribution in [0.1, 0.15) is 0 Å². The quantitative estimate of drug-likeness (QED) is 0.625. The maximum absolute atomic E-state index is 11.3. The maximum Gasteiger partial charge on any atom is 0.313 e. The van der Waals surface area contributed by atoms with Gasteiger partial charge in [-0.25, -0.2) is 0 Å². The molecule has 0 atom stereocenters. The molecule has 0 radical (unpaired) electrons. The largest absolute Gasteiger partial charge is 0.481 e. The highest BCUT2D eigenvalue weighted by Crippen LogP contribution is 2.14. The Kier molecular flexibility index (Phi) is 7.35. The number of carbonyl (C=O) groups is 2. The van der Waals surface area contributed by atoms with E-state index in [1.54, 1.807) is 0 Å². The Bertz CT molecular complexity index is 443. The molecule has 0 bridgehead atoms. The van der Waals surface area contributed by atoms with Crippen LogP contribution < -0.4 is 10.6 Å². The highest BCUT2D eigenvalue weighted by molar-refractivity contribution is 9.10. The Labute approximate surface area is 124 Å². The second-order valence-corrected chi connectivity index (χ2v) is 5.57. The van der Waals surface area contributed by atoms with Crippen molar-refractivity contribution in [3.8, 4) is 0 Å². The number of rotatable bonds is 8. The molecule has 19 heavy (non-hydrogen) atoms. The molecule has 0 unspecified atom stereocenters. The molecule has 0 aliphatic rings. The van der Waals surface area contributed by atoms with Crippen LogP contribution in [-0.2, 0) is 9.59 Å². The summed E-state index contributed by atoms with van der Waals surface area (Å²) < 4.78 is 0.992. The van der Waals surface area contributed by atoms with E-state index in [-0.39, 0.29) is 17.4 Å². The Morgan fingerprint density at radius 2 is 2.05 bits per heavy atom. The average Bonchev–Trinajstić information content (AvgIpc) is 2.34. The first-order valence-electron chi connectivity index (χ1n) is 5.63. The molecule has 1 rings (SSSR count). The van der Waals surface area contributed by atoms with Crippen molar-refractivity contribution in [3.05, 3.63) is 28.7 Å². The molecule has 1 amide bonds. The molecule has 0 aliphatic carbocycles. The van der Waals surface area contributed by atoms with Gasteiger partial charge in [-0.15, -0.1) is 11.8 Å². The maximum atomic E-state index is 11.3. The minimum absolute atomic E-state index is 0.0519. The first-order valence-corrected chi connectivity index (χ1v) is 7.58. The SMILES string of the molecule is O=C(O)CSCC(=O)NCCNc1cccc(Br)c1. The van der Waals surface area contributed by atoms with E-state index >= 15 is 0 Å². The van der Waals surface area contributed by atoms with Crippen LogP contribution >= 0.6 is 27.7 Å². The van der Waals surface area contributed by atoms with Crippen molar-refractivity contribution in [3.63, 3.8) is 0 Å². The lowest BCUT2D eigenvalue weighted by atomic mass is 10.3. The fraction of sp³-hybridized carbons (Fsp3) is 0.333. The molecular weight excluding hydrogens is 332 g/mol. The van der Waals surface area contributed by atoms with Crippen LogP contribution in [0.4, 0.5) is 5.69 Å². The van der Waals surface area contributed by atoms with Gasteiger partial charge in [0, 0.05) is 23.2 Å². The number of thioether (sulfide) groups is 1. The van der Waals surface area contributed by atoms with E-state index in [0.717, 1.165) is 21.9 Å². The highest BCUT2D eigenvalue weighted by atomic mass is 79.9. The first kappa shape index (κ1) is 15.8. The third-order valence-corrected chi connectivity index (χ3v) is 3.47. The fourth-order valence-corrected chi connectivity index (χ4v) is 2.25. The predicted molar refractivity (Wildman–Crippen MR) is 80.6 cm³/mol. The van der Waals surface area contributed by atoms with Crippen molar-refractivity contribution in [2.75, 3.05) is 29.9 Å². The summed E-state index contributed by atoms with van der Waals surface area (Å²) in [6.07, 6.45) is 0. The molecule has 1 aromatic carbocycles. The molecule has 0 spiro atoms. The minimum Gasteiger partial charge on any atom is -0.481 e. The zero-order valence-corrected chi connectivity index (χ0v) is 12.6. The van der Waals surface area contributed by atoms with Crippen molar-refractivity contribution in [2.24, 2.45) is 0 Å². The van der Waals surface area contributed by atoms with E-state index in [9.17, 15) is 9.59 Å². The lowest BCUT2D eigenvalue weighted by Gasteiger charge is -2.08. The number of anilines is 1. The van der Waals surface area contributed by atoms with Crippen LogP contribution in [-0.4, -0.2) is 41.6 Å². The second kappa shape index (κ2) is 8.82. The number of nitrogens with one attached hydrogen (secondary N) is 2. The van der Waals surface area contributed by atoms with Gasteiger partial charge in [-0.05, 0) is 18.2 Å². The molecule has 5 nitrogen and oxygen atoms in total. The minimum atomic E-state index is -0.908. The molecule has 7 heteroatoms. The predicted octanol–water partition coefficient (Wildman–Crippen LogP) is 1.79. The monoisotopic (exact) mass is 346 g/mol. The smallest absolute Gasteiger partial charge is 0.313 e. The molecule has 0 saturated heterocycles. The van der Waals surface area contributed by atoms with Gasteiger partial charge in [0.25, 0.3) is 0 Å². The zero-order valence-electron chi connectivity index (χ0n) is 10.2. The van der Waals surface area contributed by atoms with Crippen LogP contribution in [0, 0.1) is 0 Å². The number of amides is 1. The van der Waals surface area contributed by atoms with Crippen molar-refractivity contribution in [1.82, 2.24) is 5.32 Å². The van der Waals surface area contributed by atoms with Crippen LogP contribution in [0.25, 0.3) is 0 Å². The Balaban J connectivity index is 2.10. The number of hydrogen-bond donors (Lipinski definition) is 3. The van der Waals surface area contributed by atoms with Gasteiger partial charge in [-0.2, -0.15) is 0 Å². The van der Waals surface area contributed by atoms with E-state index in [2.05, 4.69) is 26.6 Å². The van der Waals surface area contributed by atoms with Crippen LogP contribution in [0.2, 0.25) is 0 Å². The Morgan fingerprint density at radius 3 is 2.74 bits per heavy atom. The summed E-state index contributed by atoms with van der Waals surface area (Å²) in [6, 6.07) is 7.75. The average molecular weight is 347 g/mol. The number of carbonyl (C=O) groups excluding carboxylic acids is 1. The summed E-state index contributed by atoms with van der Waals surface area (Å²) in [5.41, 5.74) is 0.976. The van der Waals surface area contributed by atoms with Gasteiger partial charge in [-0.3, -0.25) is 9.59 Å². The van der Waals surface area contributed by atoms with E-state index in [0.29, 0.717) is 13.1 Å². The molecule has 104 valence electrons. The summed E-state index contributed by atoms with van der Waals surface area (Å²) in [7, 11) is 0. The Hall–Kier alpha value is -1.21. The van der Waals surface area contributed by atoms with Crippen molar-refractivity contribution in [1.29, 1.82) is 0 Å². The van der Waals surface area contributed by atoms with E-state index < -0.39 is 5.97 Å². The lowest BCUT2D eigenvalue weighted by molar-refractivity contribution is -0.133. The molecule has 1 aromatic rings. The summed E-state index contributed by atoms with van der Waals surface area (Å²) >= 11 is 4.46. The molecule has 3 N–H and O–H groups in total. The molecule has 0 fully saturated rings. The summed E-state index contributed by atoms with van der Waals surface area (Å²) in [4.78, 5) is 21.6. The Morgan fingerprint density at radius 1 is 1.26 bits per heavy atom. The summed E-state index contributed by atoms with van der Waals surface area (Å²) in [5.74, 6) is -0.941. The lowest BCUT2D eigenvalue weighted by Crippen LogP contribution is -2.30. The second-order valence-electron chi connectivity index (χ2n) is 3.67. The fourth-order valence-electron chi connectivity index (χ4n) is 1.29. The van der Waals surface area contributed by atoms with Gasteiger partial charge in [-0.1, -0.05) is 22.0 Å². The van der Waals surface area contributed by atoms with Crippen LogP contribution in [0.5, 0.6) is 0 Å². The van der Waals surface area contributed by atoms with E-state index in [4.69, 9.17) is 5.11 Å². The number of benzene rings is 1. The first-order chi connectivity index (χ1) is 9.08. The molecule has 0 saturated carbocycles. The molecule has 0 aliphatic heterocycles. The van der Waals surface area contributed by atoms with Crippen molar-refractivity contribution in [2.45, 2.75) is 0 Å². The summed E-state index contributed by atoms with van der Waals surface area (Å²) in [5, 5.41) is 14.3. The topological polar surface area (TPSA) is 78.4 Å². The van der Waals surface area contributed by atoms with Gasteiger partial charge in [0.1, 0.15) is 0 Å². The van der Waals surface area contributed by atoms with Crippen molar-refractivity contribution >= 4 is 45.3 Å². The number of carboxylic acid groups (broad SMARTS) is 1. The molecular formula is C12H15BrN2O3S. The summed E-state index contributed by atoms with van der Waals surface area (Å²) in [6.45, 7) is 1.12. The van der Waals surface area contributed by atoms with Gasteiger partial charge < -0.3 is 15.7 Å². The van der Waals surface area contributed by atoms with E-state index in [1.807, 2.05) is 24.3 Å². The standard InChI is InChI=1S/C12H15BrN2O3S/c13-9-2-1-3-10(6-9)14-4-5-15-11(16)7-19-8-12(17)18/h1-3,6,14H,4-5,7-8H2,(H,15,16)(H,17,18). The van der Waals surface area contributed by atoms with E-state index in [1.165, 1.54) is 0 Å². The normalized spacial score (nSPS) is 9.95. The number of halogens is 1.